The molecule has 1 aliphatic carbocycles. The first kappa shape index (κ1) is 16.3. The van der Waals surface area contributed by atoms with Crippen molar-refractivity contribution in [3.05, 3.63) is 53.9 Å². The Bertz CT molecular complexity index is 831. The van der Waals surface area contributed by atoms with Crippen molar-refractivity contribution < 1.29 is 4.74 Å². The van der Waals surface area contributed by atoms with Gasteiger partial charge in [-0.2, -0.15) is 0 Å². The first-order valence-corrected chi connectivity index (χ1v) is 9.13. The quantitative estimate of drug-likeness (QED) is 0.648. The van der Waals surface area contributed by atoms with E-state index in [0.717, 1.165) is 53.4 Å². The second kappa shape index (κ2) is 6.28. The molecule has 25 heavy (non-hydrogen) atoms. The molecule has 0 spiro atoms. The number of aryl methyl sites for hydroxylation is 1. The topological polar surface area (TPSA) is 37.9 Å². The largest absolute Gasteiger partial charge is 0.325 e. The van der Waals surface area contributed by atoms with Gasteiger partial charge in [0.2, 0.25) is 12.0 Å². The lowest BCUT2D eigenvalue weighted by atomic mass is 10.1. The third-order valence-electron chi connectivity index (χ3n) is 5.19. The number of H-pyrrole nitrogens is 1. The number of ether oxygens (including phenoxy) is 1. The Balaban J connectivity index is 1.78. The molecule has 0 amide bonds. The van der Waals surface area contributed by atoms with Crippen LogP contribution in [0.4, 0.5) is 5.82 Å². The van der Waals surface area contributed by atoms with E-state index in [2.05, 4.69) is 68.4 Å². The molecular formula is C21H26N3O+. The number of benzene rings is 1. The van der Waals surface area contributed by atoms with Crippen molar-refractivity contribution in [1.29, 1.82) is 0 Å². The van der Waals surface area contributed by atoms with Crippen LogP contribution in [0.25, 0.3) is 16.8 Å². The number of hydrogen-bond donors (Lipinski definition) is 1. The lowest BCUT2D eigenvalue weighted by Crippen LogP contribution is -2.25. The highest BCUT2D eigenvalue weighted by atomic mass is 16.5. The van der Waals surface area contributed by atoms with Crippen molar-refractivity contribution >= 4 is 11.4 Å². The lowest BCUT2D eigenvalue weighted by Gasteiger charge is -2.13. The first-order chi connectivity index (χ1) is 12.1. The minimum absolute atomic E-state index is 0.221. The van der Waals surface area contributed by atoms with Crippen molar-refractivity contribution in [2.24, 2.45) is 0 Å². The maximum atomic E-state index is 5.88. The van der Waals surface area contributed by atoms with E-state index in [-0.39, 0.29) is 6.23 Å². The molecule has 1 aromatic carbocycles. The smallest absolute Gasteiger partial charge is 0.250 e. The molecule has 2 heterocycles. The van der Waals surface area contributed by atoms with Crippen LogP contribution in [-0.4, -0.2) is 36.4 Å². The fraction of sp³-hybridized carbons (Fsp3) is 0.381. The zero-order chi connectivity index (χ0) is 17.4. The average Bonchev–Trinajstić information content (AvgIpc) is 3.08. The summed E-state index contributed by atoms with van der Waals surface area (Å²) in [5.74, 6) is 2.11. The van der Waals surface area contributed by atoms with Gasteiger partial charge in [-0.3, -0.25) is 4.98 Å². The summed E-state index contributed by atoms with van der Waals surface area (Å²) in [6, 6.07) is 8.62. The van der Waals surface area contributed by atoms with Gasteiger partial charge in [0, 0.05) is 11.1 Å². The highest BCUT2D eigenvalue weighted by Crippen LogP contribution is 2.42. The van der Waals surface area contributed by atoms with Crippen LogP contribution < -0.4 is 4.48 Å². The third-order valence-corrected chi connectivity index (χ3v) is 5.19. The molecule has 4 rings (SSSR count). The summed E-state index contributed by atoms with van der Waals surface area (Å²) in [5, 5.41) is 0. The number of nitrogens with one attached hydrogen (secondary N) is 1. The zero-order valence-electron chi connectivity index (χ0n) is 15.2. The first-order valence-electron chi connectivity index (χ1n) is 9.13. The standard InChI is InChI=1S/C21H26N3O/c1-4-25-18-14-24(18,3)21-19(16-12-10-15(2)11-13-16)22-20(23-21)17-8-6-5-7-9-17/h6,8-13,18H,4-5,7,14H2,1-3H3,(H,22,23)/q+1. The van der Waals surface area contributed by atoms with Crippen molar-refractivity contribution in [3.63, 3.8) is 0 Å². The average molecular weight is 336 g/mol. The summed E-state index contributed by atoms with van der Waals surface area (Å²) in [6.45, 7) is 5.90. The molecular weight excluding hydrogens is 310 g/mol. The molecule has 4 heteroatoms. The molecule has 2 atom stereocenters. The molecule has 1 aromatic heterocycles. The van der Waals surface area contributed by atoms with Crippen molar-refractivity contribution in [3.8, 4) is 11.3 Å². The minimum atomic E-state index is 0.221. The number of nitrogens with zero attached hydrogens (tertiary/aromatic N) is 2. The van der Waals surface area contributed by atoms with Crippen molar-refractivity contribution in [2.75, 3.05) is 20.2 Å². The van der Waals surface area contributed by atoms with Gasteiger partial charge >= 0.3 is 0 Å². The molecule has 1 N–H and O–H groups in total. The Hall–Kier alpha value is -2.17. The van der Waals surface area contributed by atoms with Gasteiger partial charge in [-0.15, -0.1) is 0 Å². The van der Waals surface area contributed by atoms with E-state index in [0.29, 0.717) is 0 Å². The molecule has 1 saturated heterocycles. The predicted molar refractivity (Wildman–Crippen MR) is 103 cm³/mol. The number of allylic oxidation sites excluding steroid dienone is 4. The molecule has 0 bridgehead atoms. The Morgan fingerprint density at radius 3 is 2.72 bits per heavy atom. The van der Waals surface area contributed by atoms with E-state index in [1.54, 1.807) is 0 Å². The van der Waals surface area contributed by atoms with Crippen LogP contribution in [0, 0.1) is 6.92 Å². The summed E-state index contributed by atoms with van der Waals surface area (Å²) < 4.78 is 6.65. The number of rotatable bonds is 5. The number of likely N-dealkylation sites (N-methyl/N-ethyl adjacent to an activating group) is 1. The molecule has 1 fully saturated rings. The van der Waals surface area contributed by atoms with Gasteiger partial charge in [-0.05, 0) is 26.7 Å². The summed E-state index contributed by atoms with van der Waals surface area (Å²) in [7, 11) is 2.22. The highest BCUT2D eigenvalue weighted by molar-refractivity contribution is 5.79. The summed E-state index contributed by atoms with van der Waals surface area (Å²) in [6.07, 6.45) is 9.08. The van der Waals surface area contributed by atoms with E-state index in [1.165, 1.54) is 11.1 Å². The Labute approximate surface area is 149 Å². The van der Waals surface area contributed by atoms with Crippen molar-refractivity contribution in [2.45, 2.75) is 32.9 Å². The number of aromatic amines is 1. The molecule has 2 unspecified atom stereocenters. The van der Waals surface area contributed by atoms with Crippen LogP contribution >= 0.6 is 0 Å². The second-order valence-corrected chi connectivity index (χ2v) is 7.15. The number of aromatic nitrogens is 2. The highest BCUT2D eigenvalue weighted by Gasteiger charge is 2.57. The predicted octanol–water partition coefficient (Wildman–Crippen LogP) is 4.43. The zero-order valence-corrected chi connectivity index (χ0v) is 15.2. The molecule has 2 aliphatic rings. The lowest BCUT2D eigenvalue weighted by molar-refractivity contribution is 0.101. The molecule has 0 saturated carbocycles. The third kappa shape index (κ3) is 2.96. The SMILES string of the molecule is CCOC1C[N+]1(C)c1[nH]c(C2=CCCC=C2)nc1-c1ccc(C)cc1. The molecule has 130 valence electrons. The van der Waals surface area contributed by atoms with Crippen LogP contribution in [-0.2, 0) is 4.74 Å². The van der Waals surface area contributed by atoms with E-state index in [4.69, 9.17) is 9.72 Å². The molecule has 0 radical (unpaired) electrons. The van der Waals surface area contributed by atoms with Crippen LogP contribution in [0.15, 0.2) is 42.5 Å². The summed E-state index contributed by atoms with van der Waals surface area (Å²) in [5.41, 5.74) is 4.65. The molecule has 1 aliphatic heterocycles. The Morgan fingerprint density at radius 2 is 2.04 bits per heavy atom. The van der Waals surface area contributed by atoms with Gasteiger partial charge in [0.1, 0.15) is 5.82 Å². The van der Waals surface area contributed by atoms with E-state index >= 15 is 0 Å². The van der Waals surface area contributed by atoms with Crippen LogP contribution in [0.1, 0.15) is 31.2 Å². The number of hydrogen-bond acceptors (Lipinski definition) is 2. The number of quaternary nitrogens is 1. The van der Waals surface area contributed by atoms with E-state index < -0.39 is 0 Å². The van der Waals surface area contributed by atoms with Gasteiger partial charge in [-0.25, -0.2) is 9.47 Å². The Kier molecular flexibility index (Phi) is 4.10. The van der Waals surface area contributed by atoms with Gasteiger partial charge in [0.15, 0.2) is 12.2 Å². The van der Waals surface area contributed by atoms with E-state index in [1.807, 2.05) is 0 Å². The Morgan fingerprint density at radius 1 is 1.24 bits per heavy atom. The molecule has 4 nitrogen and oxygen atoms in total. The molecule has 2 aromatic rings. The monoisotopic (exact) mass is 336 g/mol. The van der Waals surface area contributed by atoms with Gasteiger partial charge in [0.05, 0.1) is 13.7 Å². The van der Waals surface area contributed by atoms with Crippen LogP contribution in [0.3, 0.4) is 0 Å². The van der Waals surface area contributed by atoms with Crippen LogP contribution in [0.5, 0.6) is 0 Å². The maximum Gasteiger partial charge on any atom is 0.250 e. The fourth-order valence-electron chi connectivity index (χ4n) is 3.49. The van der Waals surface area contributed by atoms with E-state index in [9.17, 15) is 0 Å². The minimum Gasteiger partial charge on any atom is -0.325 e. The number of imidazole rings is 1. The van der Waals surface area contributed by atoms with Crippen molar-refractivity contribution in [1.82, 2.24) is 14.5 Å². The summed E-state index contributed by atoms with van der Waals surface area (Å²) in [4.78, 5) is 8.61. The fourth-order valence-corrected chi connectivity index (χ4v) is 3.49. The van der Waals surface area contributed by atoms with Gasteiger partial charge < -0.3 is 4.74 Å². The van der Waals surface area contributed by atoms with Gasteiger partial charge in [-0.1, -0.05) is 48.1 Å². The van der Waals surface area contributed by atoms with Gasteiger partial charge in [0.25, 0.3) is 0 Å². The normalized spacial score (nSPS) is 25.1. The second-order valence-electron chi connectivity index (χ2n) is 7.15. The maximum absolute atomic E-state index is 5.88. The van der Waals surface area contributed by atoms with Crippen LogP contribution in [0.2, 0.25) is 0 Å². The summed E-state index contributed by atoms with van der Waals surface area (Å²) >= 11 is 0.